The van der Waals surface area contributed by atoms with Gasteiger partial charge in [0.2, 0.25) is 0 Å². The van der Waals surface area contributed by atoms with Gasteiger partial charge in [-0.05, 0) is 35.4 Å². The highest BCUT2D eigenvalue weighted by atomic mass is 35.5. The average Bonchev–Trinajstić information content (AvgIpc) is 2.75. The van der Waals surface area contributed by atoms with Gasteiger partial charge in [0, 0.05) is 22.1 Å². The van der Waals surface area contributed by atoms with Gasteiger partial charge in [-0.1, -0.05) is 72.3 Å². The molecule has 0 aromatic heterocycles. The lowest BCUT2D eigenvalue weighted by Gasteiger charge is -2.15. The zero-order chi connectivity index (χ0) is 20.4. The van der Waals surface area contributed by atoms with Crippen molar-refractivity contribution >= 4 is 51.6 Å². The predicted octanol–water partition coefficient (Wildman–Crippen LogP) is 6.40. The molecule has 0 atom stereocenters. The molecule has 29 heavy (non-hydrogen) atoms. The first kappa shape index (κ1) is 18.7. The molecule has 4 aromatic rings. The molecule has 0 amide bonds. The summed E-state index contributed by atoms with van der Waals surface area (Å²) in [5, 5.41) is 25.2. The number of fused-ring (bicyclic) bond motifs is 1. The Morgan fingerprint density at radius 1 is 0.724 bits per heavy atom. The minimum atomic E-state index is -0.0642. The summed E-state index contributed by atoms with van der Waals surface area (Å²) in [4.78, 5) is 0. The molecular weight excluding hydrogens is 384 g/mol. The Bertz CT molecular complexity index is 1200. The van der Waals surface area contributed by atoms with Crippen molar-refractivity contribution in [2.75, 3.05) is 11.1 Å². The van der Waals surface area contributed by atoms with Crippen molar-refractivity contribution < 1.29 is 10.2 Å². The topological polar surface area (TPSA) is 78.5 Å². The molecule has 0 aliphatic rings. The van der Waals surface area contributed by atoms with Crippen LogP contribution in [0.4, 0.5) is 17.1 Å². The van der Waals surface area contributed by atoms with E-state index in [1.54, 1.807) is 24.3 Å². The third-order valence-electron chi connectivity index (χ3n) is 4.69. The van der Waals surface area contributed by atoms with Crippen molar-refractivity contribution in [1.29, 1.82) is 0 Å². The maximum Gasteiger partial charge on any atom is 0.148 e. The molecule has 0 saturated heterocycles. The molecule has 5 heteroatoms. The van der Waals surface area contributed by atoms with E-state index < -0.39 is 0 Å². The largest absolute Gasteiger partial charge is 0.506 e. The molecule has 0 aliphatic carbocycles. The lowest BCUT2D eigenvalue weighted by Crippen LogP contribution is -1.93. The number of hydrogen-bond donors (Lipinski definition) is 4. The lowest BCUT2D eigenvalue weighted by atomic mass is 10.1. The Labute approximate surface area is 173 Å². The second kappa shape index (κ2) is 7.78. The van der Waals surface area contributed by atoms with Crippen LogP contribution in [0.25, 0.3) is 22.9 Å². The van der Waals surface area contributed by atoms with E-state index in [4.69, 9.17) is 17.3 Å². The van der Waals surface area contributed by atoms with E-state index in [0.29, 0.717) is 10.8 Å². The fourth-order valence-corrected chi connectivity index (χ4v) is 3.35. The zero-order valence-corrected chi connectivity index (χ0v) is 16.2. The maximum atomic E-state index is 10.6. The average molecular weight is 403 g/mol. The number of nitrogen functional groups attached to an aromatic ring is 1. The SMILES string of the molecule is Nc1ccc(/C=C/c2ccc(Nc3c(Cl)c(O)c4ccccc4c3O)cc2)cc1. The van der Waals surface area contributed by atoms with Crippen LogP contribution in [-0.2, 0) is 0 Å². The number of nitrogens with two attached hydrogens (primary N) is 1. The van der Waals surface area contributed by atoms with E-state index in [2.05, 4.69) is 5.32 Å². The number of hydrogen-bond acceptors (Lipinski definition) is 4. The Kier molecular flexibility index (Phi) is 5.02. The van der Waals surface area contributed by atoms with Gasteiger partial charge in [0.15, 0.2) is 0 Å². The molecule has 5 N–H and O–H groups in total. The summed E-state index contributed by atoms with van der Waals surface area (Å²) in [5.41, 5.74) is 9.52. The van der Waals surface area contributed by atoms with Gasteiger partial charge in [-0.3, -0.25) is 0 Å². The van der Waals surface area contributed by atoms with Crippen LogP contribution in [0.15, 0.2) is 72.8 Å². The molecule has 0 spiro atoms. The first-order valence-corrected chi connectivity index (χ1v) is 9.43. The molecule has 0 fully saturated rings. The first-order valence-electron chi connectivity index (χ1n) is 9.06. The smallest absolute Gasteiger partial charge is 0.148 e. The van der Waals surface area contributed by atoms with Gasteiger partial charge in [-0.25, -0.2) is 0 Å². The van der Waals surface area contributed by atoms with E-state index >= 15 is 0 Å². The second-order valence-electron chi connectivity index (χ2n) is 6.68. The number of rotatable bonds is 4. The Morgan fingerprint density at radius 3 is 1.83 bits per heavy atom. The fraction of sp³-hybridized carbons (Fsp3) is 0. The third-order valence-corrected chi connectivity index (χ3v) is 5.05. The summed E-state index contributed by atoms with van der Waals surface area (Å²) in [7, 11) is 0. The molecule has 4 nitrogen and oxygen atoms in total. The highest BCUT2D eigenvalue weighted by molar-refractivity contribution is 6.37. The Balaban J connectivity index is 1.58. The number of nitrogens with one attached hydrogen (secondary N) is 1. The van der Waals surface area contributed by atoms with E-state index in [0.717, 1.165) is 22.5 Å². The standard InChI is InChI=1S/C24H19ClN2O2/c25-21-22(24(29)20-4-2-1-3-19(20)23(21)28)27-18-13-9-16(10-14-18)6-5-15-7-11-17(26)12-8-15/h1-14,27-29H,26H2/b6-5+. The van der Waals surface area contributed by atoms with Crippen LogP contribution in [0.2, 0.25) is 5.02 Å². The highest BCUT2D eigenvalue weighted by Crippen LogP contribution is 2.46. The van der Waals surface area contributed by atoms with Gasteiger partial charge >= 0.3 is 0 Å². The molecule has 0 unspecified atom stereocenters. The summed E-state index contributed by atoms with van der Waals surface area (Å²) < 4.78 is 0. The number of halogens is 1. The van der Waals surface area contributed by atoms with E-state index in [9.17, 15) is 10.2 Å². The molecule has 0 saturated carbocycles. The number of anilines is 3. The van der Waals surface area contributed by atoms with Crippen molar-refractivity contribution in [1.82, 2.24) is 0 Å². The van der Waals surface area contributed by atoms with Crippen molar-refractivity contribution in [2.24, 2.45) is 0 Å². The fourth-order valence-electron chi connectivity index (χ4n) is 3.11. The van der Waals surface area contributed by atoms with Crippen molar-refractivity contribution in [3.8, 4) is 11.5 Å². The summed E-state index contributed by atoms with van der Waals surface area (Å²) in [6, 6.07) is 22.3. The molecular formula is C24H19ClN2O2. The summed E-state index contributed by atoms with van der Waals surface area (Å²) >= 11 is 6.29. The van der Waals surface area contributed by atoms with Crippen molar-refractivity contribution in [3.05, 3.63) is 88.9 Å². The number of benzene rings is 4. The van der Waals surface area contributed by atoms with Crippen LogP contribution >= 0.6 is 11.6 Å². The highest BCUT2D eigenvalue weighted by Gasteiger charge is 2.17. The van der Waals surface area contributed by atoms with Crippen LogP contribution in [0.1, 0.15) is 11.1 Å². The predicted molar refractivity (Wildman–Crippen MR) is 122 cm³/mol. The van der Waals surface area contributed by atoms with E-state index in [1.165, 1.54) is 0 Å². The second-order valence-corrected chi connectivity index (χ2v) is 7.06. The van der Waals surface area contributed by atoms with Gasteiger partial charge in [0.25, 0.3) is 0 Å². The van der Waals surface area contributed by atoms with Crippen LogP contribution in [0, 0.1) is 0 Å². The molecule has 0 heterocycles. The van der Waals surface area contributed by atoms with Gasteiger partial charge in [0.05, 0.1) is 0 Å². The van der Waals surface area contributed by atoms with Gasteiger partial charge in [-0.15, -0.1) is 0 Å². The summed E-state index contributed by atoms with van der Waals surface area (Å²) in [6.07, 6.45) is 4.01. The van der Waals surface area contributed by atoms with Crippen LogP contribution < -0.4 is 11.1 Å². The Morgan fingerprint density at radius 2 is 1.24 bits per heavy atom. The number of aromatic hydroxyl groups is 2. The quantitative estimate of drug-likeness (QED) is 0.138. The molecule has 4 aromatic carbocycles. The van der Waals surface area contributed by atoms with Gasteiger partial charge in [-0.2, -0.15) is 0 Å². The maximum absolute atomic E-state index is 10.6. The summed E-state index contributed by atoms with van der Waals surface area (Å²) in [6.45, 7) is 0. The summed E-state index contributed by atoms with van der Waals surface area (Å²) in [5.74, 6) is -0.0682. The Hall–Kier alpha value is -3.63. The van der Waals surface area contributed by atoms with Gasteiger partial charge in [0.1, 0.15) is 22.2 Å². The molecule has 144 valence electrons. The van der Waals surface area contributed by atoms with Crippen LogP contribution in [-0.4, -0.2) is 10.2 Å². The molecule has 0 aliphatic heterocycles. The molecule has 0 bridgehead atoms. The third kappa shape index (κ3) is 3.84. The number of phenols is 2. The van der Waals surface area contributed by atoms with Gasteiger partial charge < -0.3 is 21.3 Å². The van der Waals surface area contributed by atoms with Crippen LogP contribution in [0.5, 0.6) is 11.5 Å². The van der Waals surface area contributed by atoms with Crippen LogP contribution in [0.3, 0.4) is 0 Å². The van der Waals surface area contributed by atoms with Crippen molar-refractivity contribution in [2.45, 2.75) is 0 Å². The minimum Gasteiger partial charge on any atom is -0.506 e. The lowest BCUT2D eigenvalue weighted by molar-refractivity contribution is 0.471. The number of phenolic OH excluding ortho intramolecular Hbond substituents is 2. The van der Waals surface area contributed by atoms with Crippen molar-refractivity contribution in [3.63, 3.8) is 0 Å². The normalized spacial score (nSPS) is 11.2. The molecule has 0 radical (unpaired) electrons. The van der Waals surface area contributed by atoms with E-state index in [-0.39, 0.29) is 22.2 Å². The monoisotopic (exact) mass is 402 g/mol. The first-order chi connectivity index (χ1) is 14.0. The minimum absolute atomic E-state index is 0.00396. The van der Waals surface area contributed by atoms with E-state index in [1.807, 2.05) is 60.7 Å². The zero-order valence-electron chi connectivity index (χ0n) is 15.4. The molecule has 4 rings (SSSR count).